The maximum atomic E-state index is 11.6. The molecule has 1 aliphatic heterocycles. The number of carbonyl (C=O) groups excluding carboxylic acids is 1. The summed E-state index contributed by atoms with van der Waals surface area (Å²) in [7, 11) is 0. The number of hydrogen-bond acceptors (Lipinski definition) is 4. The predicted molar refractivity (Wildman–Crippen MR) is 54.0 cm³/mol. The molecule has 0 amide bonds. The number of nitriles is 1. The molecule has 1 N–H and O–H groups in total. The number of nitrogens with zero attached hydrogens (tertiary/aromatic N) is 1. The molecule has 0 saturated heterocycles. The number of ether oxygens (including phenoxy) is 1. The van der Waals surface area contributed by atoms with Gasteiger partial charge in [0.25, 0.3) is 0 Å². The topological polar surface area (TPSA) is 73.9 Å². The summed E-state index contributed by atoms with van der Waals surface area (Å²) in [6.07, 6.45) is 0. The zero-order valence-corrected chi connectivity index (χ0v) is 9.43. The lowest BCUT2D eigenvalue weighted by Crippen LogP contribution is -2.37. The molecule has 1 heterocycles. The minimum atomic E-state index is -1.51. The second kappa shape index (κ2) is 3.54. The maximum absolute atomic E-state index is 11.6. The Hall–Kier alpha value is -1.15. The van der Waals surface area contributed by atoms with E-state index < -0.39 is 5.41 Å². The van der Waals surface area contributed by atoms with Crippen molar-refractivity contribution >= 4 is 27.6 Å². The molecule has 0 bridgehead atoms. The number of nitrogens with one attached hydrogen (secondary N) is 1. The SMILES string of the molecule is CC1=C(C)C(C#N)(C(=O)CBr)C(=N)O1. The minimum Gasteiger partial charge on any atom is -0.446 e. The normalized spacial score (nSPS) is 26.0. The van der Waals surface area contributed by atoms with Crippen molar-refractivity contribution in [2.24, 2.45) is 5.41 Å². The first-order valence-corrected chi connectivity index (χ1v) is 5.08. The third-order valence-corrected chi connectivity index (χ3v) is 2.90. The van der Waals surface area contributed by atoms with E-state index in [1.54, 1.807) is 13.8 Å². The second-order valence-corrected chi connectivity index (χ2v) is 3.59. The molecule has 14 heavy (non-hydrogen) atoms. The van der Waals surface area contributed by atoms with Crippen LogP contribution in [-0.4, -0.2) is 17.0 Å². The number of ketones is 1. The van der Waals surface area contributed by atoms with Crippen LogP contribution >= 0.6 is 15.9 Å². The van der Waals surface area contributed by atoms with Crippen molar-refractivity contribution in [3.63, 3.8) is 0 Å². The van der Waals surface area contributed by atoms with Crippen LogP contribution in [0.5, 0.6) is 0 Å². The number of alkyl halides is 1. The highest BCUT2D eigenvalue weighted by Gasteiger charge is 2.51. The molecule has 0 saturated carbocycles. The third kappa shape index (κ3) is 1.18. The Kier molecular flexibility index (Phi) is 2.76. The van der Waals surface area contributed by atoms with E-state index in [9.17, 15) is 4.79 Å². The van der Waals surface area contributed by atoms with Gasteiger partial charge in [-0.1, -0.05) is 15.9 Å². The van der Waals surface area contributed by atoms with Crippen LogP contribution in [0.4, 0.5) is 0 Å². The molecule has 0 aromatic heterocycles. The molecule has 4 nitrogen and oxygen atoms in total. The Labute approximate surface area is 90.2 Å². The Bertz CT molecular complexity index is 381. The van der Waals surface area contributed by atoms with Gasteiger partial charge in [0, 0.05) is 5.57 Å². The van der Waals surface area contributed by atoms with Crippen LogP contribution in [0.15, 0.2) is 11.3 Å². The van der Waals surface area contributed by atoms with E-state index in [0.717, 1.165) is 0 Å². The standard InChI is InChI=1S/C9H9BrN2O2/c1-5-6(2)14-8(12)9(5,4-11)7(13)3-10/h12H,3H2,1-2H3. The molecule has 0 aliphatic carbocycles. The highest BCUT2D eigenvalue weighted by molar-refractivity contribution is 9.09. The van der Waals surface area contributed by atoms with E-state index in [4.69, 9.17) is 15.4 Å². The van der Waals surface area contributed by atoms with Gasteiger partial charge in [0.2, 0.25) is 11.3 Å². The summed E-state index contributed by atoms with van der Waals surface area (Å²) >= 11 is 3.00. The van der Waals surface area contributed by atoms with E-state index >= 15 is 0 Å². The van der Waals surface area contributed by atoms with Crippen LogP contribution in [0.1, 0.15) is 13.8 Å². The Morgan fingerprint density at radius 1 is 1.71 bits per heavy atom. The molecule has 0 aromatic carbocycles. The van der Waals surface area contributed by atoms with Gasteiger partial charge < -0.3 is 4.74 Å². The monoisotopic (exact) mass is 256 g/mol. The fraction of sp³-hybridized carbons (Fsp3) is 0.444. The molecule has 0 radical (unpaired) electrons. The summed E-state index contributed by atoms with van der Waals surface area (Å²) in [4.78, 5) is 11.6. The molecular weight excluding hydrogens is 248 g/mol. The zero-order chi connectivity index (χ0) is 10.9. The summed E-state index contributed by atoms with van der Waals surface area (Å²) in [5.74, 6) is -0.190. The summed E-state index contributed by atoms with van der Waals surface area (Å²) in [5, 5.41) is 16.6. The van der Waals surface area contributed by atoms with Crippen LogP contribution < -0.4 is 0 Å². The Balaban J connectivity index is 3.33. The summed E-state index contributed by atoms with van der Waals surface area (Å²) in [5.41, 5.74) is -0.998. The van der Waals surface area contributed by atoms with Crippen LogP contribution in [0, 0.1) is 22.2 Å². The van der Waals surface area contributed by atoms with E-state index in [2.05, 4.69) is 15.9 Å². The van der Waals surface area contributed by atoms with Crippen molar-refractivity contribution in [1.29, 1.82) is 10.7 Å². The van der Waals surface area contributed by atoms with Crippen molar-refractivity contribution < 1.29 is 9.53 Å². The van der Waals surface area contributed by atoms with Gasteiger partial charge in [0.05, 0.1) is 11.4 Å². The van der Waals surface area contributed by atoms with Gasteiger partial charge >= 0.3 is 0 Å². The first-order valence-electron chi connectivity index (χ1n) is 3.96. The van der Waals surface area contributed by atoms with Crippen LogP contribution in [0.3, 0.4) is 0 Å². The van der Waals surface area contributed by atoms with Gasteiger partial charge in [-0.15, -0.1) is 0 Å². The quantitative estimate of drug-likeness (QED) is 0.766. The van der Waals surface area contributed by atoms with Gasteiger partial charge in [0.1, 0.15) is 5.76 Å². The lowest BCUT2D eigenvalue weighted by atomic mass is 9.79. The highest BCUT2D eigenvalue weighted by Crippen LogP contribution is 2.38. The fourth-order valence-corrected chi connectivity index (χ4v) is 1.79. The number of halogens is 1. The third-order valence-electron chi connectivity index (χ3n) is 2.39. The second-order valence-electron chi connectivity index (χ2n) is 3.03. The molecule has 1 rings (SSSR count). The summed E-state index contributed by atoms with van der Waals surface area (Å²) < 4.78 is 5.00. The first kappa shape index (κ1) is 10.9. The molecule has 1 unspecified atom stereocenters. The molecule has 1 atom stereocenters. The maximum Gasteiger partial charge on any atom is 0.219 e. The average Bonchev–Trinajstić information content (AvgIpc) is 2.39. The van der Waals surface area contributed by atoms with Gasteiger partial charge in [-0.2, -0.15) is 5.26 Å². The van der Waals surface area contributed by atoms with E-state index in [0.29, 0.717) is 11.3 Å². The number of Topliss-reactive ketones (excluding diaryl/α,β-unsaturated/α-hetero) is 1. The van der Waals surface area contributed by atoms with Crippen molar-refractivity contribution in [2.75, 3.05) is 5.33 Å². The minimum absolute atomic E-state index is 0.0386. The van der Waals surface area contributed by atoms with E-state index in [1.165, 1.54) is 0 Å². The first-order chi connectivity index (χ1) is 6.50. The number of hydrogen-bond donors (Lipinski definition) is 1. The lowest BCUT2D eigenvalue weighted by molar-refractivity contribution is -0.119. The van der Waals surface area contributed by atoms with Crippen LogP contribution in [-0.2, 0) is 9.53 Å². The van der Waals surface area contributed by atoms with Gasteiger partial charge in [-0.25, -0.2) is 0 Å². The van der Waals surface area contributed by atoms with Gasteiger partial charge in [0.15, 0.2) is 5.78 Å². The summed E-state index contributed by atoms with van der Waals surface area (Å²) in [6.45, 7) is 3.28. The molecule has 0 spiro atoms. The molecule has 74 valence electrons. The van der Waals surface area contributed by atoms with Crippen molar-refractivity contribution in [2.45, 2.75) is 13.8 Å². The van der Waals surface area contributed by atoms with Crippen molar-refractivity contribution in [3.8, 4) is 6.07 Å². The molecule has 1 aliphatic rings. The Morgan fingerprint density at radius 3 is 2.57 bits per heavy atom. The van der Waals surface area contributed by atoms with E-state index in [1.807, 2.05) is 6.07 Å². The zero-order valence-electron chi connectivity index (χ0n) is 7.85. The predicted octanol–water partition coefficient (Wildman–Crippen LogP) is 1.76. The average molecular weight is 257 g/mol. The molecular formula is C9H9BrN2O2. The van der Waals surface area contributed by atoms with Gasteiger partial charge in [-0.3, -0.25) is 10.2 Å². The number of rotatable bonds is 2. The molecule has 5 heteroatoms. The fourth-order valence-electron chi connectivity index (χ4n) is 1.37. The highest BCUT2D eigenvalue weighted by atomic mass is 79.9. The molecule has 0 fully saturated rings. The number of allylic oxidation sites excluding steroid dienone is 1. The van der Waals surface area contributed by atoms with Crippen LogP contribution in [0.2, 0.25) is 0 Å². The van der Waals surface area contributed by atoms with Crippen molar-refractivity contribution in [1.82, 2.24) is 0 Å². The van der Waals surface area contributed by atoms with Crippen LogP contribution in [0.25, 0.3) is 0 Å². The number of carbonyl (C=O) groups is 1. The largest absolute Gasteiger partial charge is 0.446 e. The molecule has 0 aromatic rings. The Morgan fingerprint density at radius 2 is 2.29 bits per heavy atom. The smallest absolute Gasteiger partial charge is 0.219 e. The van der Waals surface area contributed by atoms with Crippen molar-refractivity contribution in [3.05, 3.63) is 11.3 Å². The lowest BCUT2D eigenvalue weighted by Gasteiger charge is -2.17. The van der Waals surface area contributed by atoms with E-state index in [-0.39, 0.29) is 17.0 Å². The van der Waals surface area contributed by atoms with Gasteiger partial charge in [-0.05, 0) is 13.8 Å². The summed E-state index contributed by atoms with van der Waals surface area (Å²) in [6, 6.07) is 1.87.